The van der Waals surface area contributed by atoms with Gasteiger partial charge in [0.05, 0.1) is 19.9 Å². The van der Waals surface area contributed by atoms with E-state index in [1.807, 2.05) is 12.1 Å². The molecular weight excluding hydrogens is 1680 g/mol. The summed E-state index contributed by atoms with van der Waals surface area (Å²) in [6, 6.07) is 34.8. The second-order valence-corrected chi connectivity index (χ2v) is 32.2. The summed E-state index contributed by atoms with van der Waals surface area (Å²) in [5.41, 5.74) is 10.9. The number of alkyl halides is 1. The van der Waals surface area contributed by atoms with Crippen molar-refractivity contribution < 1.29 is 80.2 Å². The fourth-order valence-corrected chi connectivity index (χ4v) is 14.7. The molecule has 5 unspecified atom stereocenters. The van der Waals surface area contributed by atoms with E-state index < -0.39 is 19.9 Å². The van der Waals surface area contributed by atoms with Crippen LogP contribution < -0.4 is 67.9 Å². The van der Waals surface area contributed by atoms with E-state index in [-0.39, 0.29) is 234 Å². The van der Waals surface area contributed by atoms with Crippen molar-refractivity contribution in [3.8, 4) is 0 Å². The van der Waals surface area contributed by atoms with Gasteiger partial charge in [0.1, 0.15) is 0 Å². The Labute approximate surface area is 684 Å². The summed E-state index contributed by atoms with van der Waals surface area (Å²) >= 11 is 45.2. The largest absolute Gasteiger partial charge is 2.00 e. The van der Waals surface area contributed by atoms with E-state index in [1.165, 1.54) is 134 Å². The minimum Gasteiger partial charge on any atom is -1.00 e. The van der Waals surface area contributed by atoms with Crippen LogP contribution in [-0.2, 0) is 25.1 Å². The molecule has 488 valence electrons. The average molecular weight is 1800 g/mol. The maximum Gasteiger partial charge on any atom is 2.00 e. The second-order valence-electron chi connectivity index (χ2n) is 16.6. The Balaban J connectivity index is -0.0000000336. The smallest absolute Gasteiger partial charge is 1.00 e. The van der Waals surface area contributed by atoms with Gasteiger partial charge < -0.3 is 95.6 Å². The molecule has 0 aliphatic rings. The van der Waals surface area contributed by atoms with Crippen LogP contribution in [0.2, 0.25) is 0 Å². The summed E-state index contributed by atoms with van der Waals surface area (Å²) in [5.74, 6) is 0.611. The Kier molecular flexibility index (Phi) is 172. The van der Waals surface area contributed by atoms with E-state index in [0.29, 0.717) is 5.88 Å². The molecule has 0 aliphatic carbocycles. The van der Waals surface area contributed by atoms with Gasteiger partial charge in [0.15, 0.2) is 0 Å². The van der Waals surface area contributed by atoms with Gasteiger partial charge in [-0.1, -0.05) is 251 Å². The summed E-state index contributed by atoms with van der Waals surface area (Å²) < 4.78 is 0. The van der Waals surface area contributed by atoms with Crippen molar-refractivity contribution in [1.82, 2.24) is 0 Å². The van der Waals surface area contributed by atoms with Gasteiger partial charge in [-0.2, -0.15) is 65.3 Å². The Morgan fingerprint density at radius 1 is 0.321 bits per heavy atom. The van der Waals surface area contributed by atoms with Crippen molar-refractivity contribution in [1.29, 1.82) is 0 Å². The molecule has 0 N–H and O–H groups in total. The number of benzene rings is 4. The second kappa shape index (κ2) is 104. The van der Waals surface area contributed by atoms with Crippen LogP contribution in [0, 0.1) is 55.4 Å². The molecule has 0 aliphatic heterocycles. The maximum absolute atomic E-state index is 6.31. The van der Waals surface area contributed by atoms with Crippen LogP contribution in [-0.4, -0.2) is 123 Å². The Bertz CT molecular complexity index is 1650. The number of halogens is 14. The molecule has 0 radical (unpaired) electrons. The minimum atomic E-state index is -0.841. The number of hydrogen-bond donors (Lipinski definition) is 0. The van der Waals surface area contributed by atoms with Crippen molar-refractivity contribution in [3.05, 3.63) is 169 Å². The van der Waals surface area contributed by atoms with E-state index in [9.17, 15) is 0 Å². The van der Waals surface area contributed by atoms with Crippen molar-refractivity contribution in [2.24, 2.45) is 0 Å². The molecule has 5 atom stereocenters. The van der Waals surface area contributed by atoms with Crippen molar-refractivity contribution in [3.63, 3.8) is 0 Å². The molecule has 4 aromatic carbocycles. The molecule has 4 rings (SSSR count). The summed E-state index contributed by atoms with van der Waals surface area (Å²) in [6.07, 6.45) is 26.5. The van der Waals surface area contributed by atoms with Gasteiger partial charge in [0, 0.05) is 27.2 Å². The summed E-state index contributed by atoms with van der Waals surface area (Å²) in [5, 5.41) is 0. The van der Waals surface area contributed by atoms with Gasteiger partial charge in [-0.15, -0.1) is 18.0 Å². The molecular formula is C58H110Br4Cl8F2Mg4P8. The minimum absolute atomic E-state index is 0. The molecule has 0 nitrogen and oxygen atoms in total. The topological polar surface area (TPSA) is 0 Å². The summed E-state index contributed by atoms with van der Waals surface area (Å²) in [4.78, 5) is 0. The zero-order chi connectivity index (χ0) is 51.2. The van der Waals surface area contributed by atoms with Crippen LogP contribution in [0.25, 0.3) is 0 Å². The fourth-order valence-electron chi connectivity index (χ4n) is 5.90. The first-order valence-corrected chi connectivity index (χ1v) is 37.4. The normalized spacial score (nSPS) is 8.85. The predicted molar refractivity (Wildman–Crippen MR) is 419 cm³/mol. The first-order chi connectivity index (χ1) is 32.6. The standard InChI is InChI=1S/C15H23Cl3P2.2C13H19.C8H9Cl.C5H10.C2H4Cl4P2.2CH4.4BrH.2FH.4Mg.4H3P.2H2/c1-14-7-9-15(10-8-14)6-4-2-3-5-11-19(16)12-13-20(17)18;2*1-3-4-5-6-7-13-10-8-12(2)9-11-13;1-7-2-4-8(6-9)5-3-7;1-3-5-4-2;3-7(4)1-2-8(5)6;;;;;;;;;;;;;;;;;;/h7-10H,2-6,11-13H2,1H3;2*8-11H,1,3-7H2,2H3;2-5H,6H2,1H3;1-5H2;1-2H2;2*1H4;6*1H;;;;;4*1H3;2*1H/q;2*-1;;-2;;;;;;;;;;4*+2;;;;;;/p-4/i;;;;;;;;;;;;;;;;;;;;;;2*1+2. The number of aryl methyl sites for hydroxylation is 7. The zero-order valence-corrected chi connectivity index (χ0v) is 77.1. The third kappa shape index (κ3) is 103. The first kappa shape index (κ1) is 139. The number of hydrogen-bond acceptors (Lipinski definition) is 0. The van der Waals surface area contributed by atoms with Gasteiger partial charge in [0.2, 0.25) is 0 Å². The Morgan fingerprint density at radius 3 is 0.750 bits per heavy atom. The van der Waals surface area contributed by atoms with Crippen LogP contribution in [0.4, 0.5) is 9.41 Å². The molecule has 0 spiro atoms. The van der Waals surface area contributed by atoms with Crippen LogP contribution in [0.15, 0.2) is 97.1 Å². The van der Waals surface area contributed by atoms with Crippen molar-refractivity contribution >= 4 is 249 Å². The monoisotopic (exact) mass is 1790 g/mol. The molecule has 0 saturated carbocycles. The summed E-state index contributed by atoms with van der Waals surface area (Å²) in [6.45, 7) is 20.9. The quantitative estimate of drug-likeness (QED) is 0.0193. The molecule has 0 fully saturated rings. The third-order valence-corrected chi connectivity index (χ3v) is 18.4. The van der Waals surface area contributed by atoms with E-state index in [1.54, 1.807) is 0 Å². The third-order valence-electron chi connectivity index (χ3n) is 10.1. The molecule has 0 heterocycles. The van der Waals surface area contributed by atoms with E-state index in [2.05, 4.69) is 140 Å². The molecule has 0 amide bonds. The van der Waals surface area contributed by atoms with Gasteiger partial charge >= 0.3 is 92.2 Å². The van der Waals surface area contributed by atoms with Crippen LogP contribution in [0.5, 0.6) is 0 Å². The number of rotatable bonds is 26. The molecule has 4 aromatic rings. The van der Waals surface area contributed by atoms with Crippen molar-refractivity contribution in [2.45, 2.75) is 164 Å². The molecule has 84 heavy (non-hydrogen) atoms. The Hall–Kier alpha value is 7.48. The van der Waals surface area contributed by atoms with Gasteiger partial charge in [-0.05, 0) is 114 Å². The van der Waals surface area contributed by atoms with Gasteiger partial charge in [0.25, 0.3) is 0 Å². The fraction of sp³-hybridized carbons (Fsp3) is 0.517. The van der Waals surface area contributed by atoms with Gasteiger partial charge in [-0.25, -0.2) is 0 Å². The first-order valence-electron chi connectivity index (χ1n) is 24.2. The van der Waals surface area contributed by atoms with Gasteiger partial charge in [-0.3, -0.25) is 9.41 Å². The van der Waals surface area contributed by atoms with Crippen molar-refractivity contribution in [2.75, 3.05) is 30.8 Å². The SMILES string of the molecule is C.C.Cc1ccc(CCCCCCP(Cl)CCP(Cl)Cl)cc1.Cc1ccc(CCl)cc1.ClP(Cl)CCP(Cl)Cl.F.F.P.P.P.P.[3HH].[3HH].[Br-].[Br-].[Br-].[Br-].[CH2-]CCCCCc1ccc(C)cc1.[CH2-]CCCCCc1ccc(C)cc1.[CH2-]CCC[CH2-].[Mg+2].[Mg+2].[Mg+2].[Mg+2]. The van der Waals surface area contributed by atoms with E-state index >= 15 is 0 Å². The molecule has 0 aromatic heterocycles. The van der Waals surface area contributed by atoms with E-state index in [4.69, 9.17) is 90.3 Å². The molecule has 0 bridgehead atoms. The molecule has 0 saturated heterocycles. The maximum atomic E-state index is 6.31. The zero-order valence-electron chi connectivity index (χ0n) is 49.8. The van der Waals surface area contributed by atoms with Crippen LogP contribution in [0.3, 0.4) is 0 Å². The van der Waals surface area contributed by atoms with Crippen LogP contribution >= 0.6 is 157 Å². The number of unbranched alkanes of at least 4 members (excludes halogenated alkanes) is 11. The Morgan fingerprint density at radius 2 is 0.536 bits per heavy atom. The molecule has 26 heteroatoms. The summed E-state index contributed by atoms with van der Waals surface area (Å²) in [7, 11) is -0.362. The van der Waals surface area contributed by atoms with E-state index in [0.717, 1.165) is 56.5 Å². The average Bonchev–Trinajstić information content (AvgIpc) is 3.32. The predicted octanol–water partition coefficient (Wildman–Crippen LogP) is 13.3. The van der Waals surface area contributed by atoms with Crippen LogP contribution in [0.1, 0.15) is 159 Å².